The van der Waals surface area contributed by atoms with Crippen LogP contribution in [0.25, 0.3) is 0 Å². The number of nitrogens with one attached hydrogen (secondary N) is 1. The van der Waals surface area contributed by atoms with Crippen molar-refractivity contribution in [2.24, 2.45) is 0 Å². The number of hydroxylamine groups is 1. The molecule has 0 radical (unpaired) electrons. The molecule has 1 aromatic carbocycles. The Morgan fingerprint density at radius 1 is 1.26 bits per heavy atom. The van der Waals surface area contributed by atoms with Crippen molar-refractivity contribution < 1.29 is 9.57 Å². The van der Waals surface area contributed by atoms with Crippen molar-refractivity contribution in [1.82, 2.24) is 5.48 Å². The number of ether oxygens (including phenoxy) is 1. The van der Waals surface area contributed by atoms with Crippen LogP contribution >= 0.6 is 0 Å². The van der Waals surface area contributed by atoms with Crippen LogP contribution in [0.1, 0.15) is 55.3 Å². The van der Waals surface area contributed by atoms with E-state index in [4.69, 9.17) is 9.57 Å². The highest BCUT2D eigenvalue weighted by Gasteiger charge is 2.34. The minimum absolute atomic E-state index is 0.173. The fraction of sp³-hybridized carbons (Fsp3) is 0.625. The van der Waals surface area contributed by atoms with E-state index in [0.29, 0.717) is 0 Å². The van der Waals surface area contributed by atoms with Crippen LogP contribution in [-0.4, -0.2) is 13.2 Å². The summed E-state index contributed by atoms with van der Waals surface area (Å²) in [7, 11) is 1.68. The van der Waals surface area contributed by atoms with Gasteiger partial charge in [-0.1, -0.05) is 19.4 Å². The Hall–Kier alpha value is -1.06. The molecule has 0 saturated heterocycles. The van der Waals surface area contributed by atoms with Gasteiger partial charge >= 0.3 is 0 Å². The molecule has 0 saturated carbocycles. The van der Waals surface area contributed by atoms with Crippen molar-refractivity contribution >= 4 is 0 Å². The van der Waals surface area contributed by atoms with Crippen molar-refractivity contribution in [3.8, 4) is 5.75 Å². The summed E-state index contributed by atoms with van der Waals surface area (Å²) < 4.78 is 6.14. The maximum absolute atomic E-state index is 6.14. The van der Waals surface area contributed by atoms with E-state index < -0.39 is 0 Å². The van der Waals surface area contributed by atoms with Crippen LogP contribution in [0.3, 0.4) is 0 Å². The quantitative estimate of drug-likeness (QED) is 0.843. The van der Waals surface area contributed by atoms with Gasteiger partial charge in [-0.25, -0.2) is 0 Å². The Balaban J connectivity index is 1.93. The lowest BCUT2D eigenvalue weighted by Gasteiger charge is -2.19. The SMILES string of the molecule is CCCC1Oc2cc3c(cc2C1NOC)CCCC3. The van der Waals surface area contributed by atoms with Gasteiger partial charge in [0.15, 0.2) is 0 Å². The fourth-order valence-corrected chi connectivity index (χ4v) is 3.34. The summed E-state index contributed by atoms with van der Waals surface area (Å²) in [5.74, 6) is 1.06. The van der Waals surface area contributed by atoms with E-state index in [1.165, 1.54) is 42.4 Å². The van der Waals surface area contributed by atoms with Gasteiger partial charge < -0.3 is 9.57 Å². The number of benzene rings is 1. The zero-order valence-electron chi connectivity index (χ0n) is 11.9. The maximum atomic E-state index is 6.14. The van der Waals surface area contributed by atoms with Crippen molar-refractivity contribution in [3.63, 3.8) is 0 Å². The molecule has 1 aliphatic carbocycles. The van der Waals surface area contributed by atoms with Crippen molar-refractivity contribution in [1.29, 1.82) is 0 Å². The van der Waals surface area contributed by atoms with Crippen LogP contribution in [0.2, 0.25) is 0 Å². The number of fused-ring (bicyclic) bond motifs is 2. The van der Waals surface area contributed by atoms with Gasteiger partial charge in [-0.2, -0.15) is 5.48 Å². The second-order valence-electron chi connectivity index (χ2n) is 5.61. The fourth-order valence-electron chi connectivity index (χ4n) is 3.34. The molecule has 3 nitrogen and oxygen atoms in total. The molecule has 1 heterocycles. The molecule has 0 bridgehead atoms. The lowest BCUT2D eigenvalue weighted by molar-refractivity contribution is 0.0269. The number of rotatable bonds is 4. The van der Waals surface area contributed by atoms with Gasteiger partial charge in [-0.3, -0.25) is 0 Å². The van der Waals surface area contributed by atoms with E-state index in [1.807, 2.05) is 0 Å². The van der Waals surface area contributed by atoms with E-state index in [-0.39, 0.29) is 12.1 Å². The molecule has 1 N–H and O–H groups in total. The normalized spacial score (nSPS) is 24.7. The molecule has 3 rings (SSSR count). The minimum Gasteiger partial charge on any atom is -0.488 e. The lowest BCUT2D eigenvalue weighted by Crippen LogP contribution is -2.30. The Labute approximate surface area is 115 Å². The molecule has 0 fully saturated rings. The zero-order valence-corrected chi connectivity index (χ0v) is 11.9. The molecule has 2 atom stereocenters. The van der Waals surface area contributed by atoms with E-state index in [0.717, 1.165) is 18.6 Å². The molecular formula is C16H23NO2. The summed E-state index contributed by atoms with van der Waals surface area (Å²) in [4.78, 5) is 5.17. The van der Waals surface area contributed by atoms with Gasteiger partial charge in [-0.05, 0) is 49.3 Å². The zero-order chi connectivity index (χ0) is 13.2. The van der Waals surface area contributed by atoms with Crippen LogP contribution in [0.15, 0.2) is 12.1 Å². The van der Waals surface area contributed by atoms with Gasteiger partial charge in [0.1, 0.15) is 11.9 Å². The molecule has 0 aromatic heterocycles. The average molecular weight is 261 g/mol. The lowest BCUT2D eigenvalue weighted by atomic mass is 9.88. The predicted octanol–water partition coefficient (Wildman–Crippen LogP) is 3.32. The summed E-state index contributed by atoms with van der Waals surface area (Å²) in [5, 5.41) is 0. The van der Waals surface area contributed by atoms with Gasteiger partial charge in [0.2, 0.25) is 0 Å². The third-order valence-electron chi connectivity index (χ3n) is 4.28. The van der Waals surface area contributed by atoms with Gasteiger partial charge in [0, 0.05) is 5.56 Å². The second kappa shape index (κ2) is 5.51. The van der Waals surface area contributed by atoms with Gasteiger partial charge in [-0.15, -0.1) is 0 Å². The van der Waals surface area contributed by atoms with E-state index in [1.54, 1.807) is 7.11 Å². The molecule has 3 heteroatoms. The van der Waals surface area contributed by atoms with Crippen LogP contribution in [0.4, 0.5) is 0 Å². The van der Waals surface area contributed by atoms with Crippen LogP contribution in [0, 0.1) is 0 Å². The summed E-state index contributed by atoms with van der Waals surface area (Å²) in [6.07, 6.45) is 7.41. The molecule has 1 aliphatic heterocycles. The molecule has 0 amide bonds. The summed E-state index contributed by atoms with van der Waals surface area (Å²) in [5.41, 5.74) is 7.39. The molecular weight excluding hydrogens is 238 g/mol. The summed E-state index contributed by atoms with van der Waals surface area (Å²) >= 11 is 0. The minimum atomic E-state index is 0.173. The highest BCUT2D eigenvalue weighted by molar-refractivity contribution is 5.48. The first-order valence-corrected chi connectivity index (χ1v) is 7.44. The smallest absolute Gasteiger partial charge is 0.125 e. The molecule has 104 valence electrons. The van der Waals surface area contributed by atoms with Crippen molar-refractivity contribution in [2.75, 3.05) is 7.11 Å². The van der Waals surface area contributed by atoms with Crippen molar-refractivity contribution in [2.45, 2.75) is 57.6 Å². The maximum Gasteiger partial charge on any atom is 0.125 e. The first-order chi connectivity index (χ1) is 9.33. The first kappa shape index (κ1) is 12.9. The van der Waals surface area contributed by atoms with Gasteiger partial charge in [0.05, 0.1) is 13.2 Å². The Morgan fingerprint density at radius 2 is 2.00 bits per heavy atom. The molecule has 0 spiro atoms. The number of aryl methyl sites for hydroxylation is 2. The predicted molar refractivity (Wildman–Crippen MR) is 75.3 cm³/mol. The molecule has 2 aliphatic rings. The highest BCUT2D eigenvalue weighted by atomic mass is 16.6. The van der Waals surface area contributed by atoms with Crippen molar-refractivity contribution in [3.05, 3.63) is 28.8 Å². The summed E-state index contributed by atoms with van der Waals surface area (Å²) in [6.45, 7) is 2.20. The van der Waals surface area contributed by atoms with E-state index in [9.17, 15) is 0 Å². The van der Waals surface area contributed by atoms with E-state index >= 15 is 0 Å². The highest BCUT2D eigenvalue weighted by Crippen LogP contribution is 2.41. The third-order valence-corrected chi connectivity index (χ3v) is 4.28. The Kier molecular flexibility index (Phi) is 3.76. The molecule has 2 unspecified atom stereocenters. The van der Waals surface area contributed by atoms with Crippen LogP contribution in [-0.2, 0) is 17.7 Å². The third kappa shape index (κ3) is 2.37. The molecule has 1 aromatic rings. The van der Waals surface area contributed by atoms with E-state index in [2.05, 4.69) is 24.5 Å². The Morgan fingerprint density at radius 3 is 2.68 bits per heavy atom. The average Bonchev–Trinajstić information content (AvgIpc) is 2.75. The number of hydrogen-bond acceptors (Lipinski definition) is 3. The monoisotopic (exact) mass is 261 g/mol. The topological polar surface area (TPSA) is 30.5 Å². The molecule has 19 heavy (non-hydrogen) atoms. The Bertz CT molecular complexity index is 458. The summed E-state index contributed by atoms with van der Waals surface area (Å²) in [6, 6.07) is 4.78. The van der Waals surface area contributed by atoms with Crippen LogP contribution < -0.4 is 10.2 Å². The number of hydrogen-bond donors (Lipinski definition) is 1. The van der Waals surface area contributed by atoms with Crippen LogP contribution in [0.5, 0.6) is 5.75 Å². The second-order valence-corrected chi connectivity index (χ2v) is 5.61. The largest absolute Gasteiger partial charge is 0.488 e. The standard InChI is InChI=1S/C16H23NO2/c1-3-6-14-16(17-18-2)13-9-11-7-4-5-8-12(11)10-15(13)19-14/h9-10,14,16-17H,3-8H2,1-2H3. The first-order valence-electron chi connectivity index (χ1n) is 7.44. The van der Waals surface area contributed by atoms with Gasteiger partial charge in [0.25, 0.3) is 0 Å².